The summed E-state index contributed by atoms with van der Waals surface area (Å²) in [7, 11) is -3.15. The van der Waals surface area contributed by atoms with Crippen molar-refractivity contribution in [2.75, 3.05) is 0 Å². The number of hydrogen-bond donors (Lipinski definition) is 2. The van der Waals surface area contributed by atoms with Crippen LogP contribution in [0.25, 0.3) is 0 Å². The van der Waals surface area contributed by atoms with Crippen molar-refractivity contribution in [3.63, 3.8) is 0 Å². The van der Waals surface area contributed by atoms with Crippen LogP contribution in [0.5, 0.6) is 0 Å². The molecular formula is C36H53O2P. The monoisotopic (exact) mass is 548 g/mol. The van der Waals surface area contributed by atoms with Crippen molar-refractivity contribution in [1.29, 1.82) is 0 Å². The van der Waals surface area contributed by atoms with Crippen molar-refractivity contribution in [3.8, 4) is 0 Å². The molecule has 3 heteroatoms. The number of benzene rings is 3. The van der Waals surface area contributed by atoms with Gasteiger partial charge < -0.3 is 0 Å². The van der Waals surface area contributed by atoms with Gasteiger partial charge in [0.2, 0.25) is 0 Å². The van der Waals surface area contributed by atoms with Crippen LogP contribution in [0.2, 0.25) is 0 Å². The third-order valence-corrected chi connectivity index (χ3v) is 13.4. The molecule has 2 nitrogen and oxygen atoms in total. The molecule has 0 heterocycles. The van der Waals surface area contributed by atoms with Gasteiger partial charge in [0.15, 0.2) is 0 Å². The summed E-state index contributed by atoms with van der Waals surface area (Å²) in [5.41, 5.74) is -1.80. The maximum atomic E-state index is 12.0. The Hall–Kier alpha value is -1.99. The molecule has 0 amide bonds. The van der Waals surface area contributed by atoms with Crippen molar-refractivity contribution in [2.24, 2.45) is 0 Å². The predicted molar refractivity (Wildman–Crippen MR) is 173 cm³/mol. The topological polar surface area (TPSA) is 40.5 Å². The van der Waals surface area contributed by atoms with Gasteiger partial charge in [0, 0.05) is 0 Å². The zero-order valence-corrected chi connectivity index (χ0v) is 25.4. The van der Waals surface area contributed by atoms with E-state index in [0.717, 1.165) is 28.8 Å². The van der Waals surface area contributed by atoms with Crippen LogP contribution in [-0.4, -0.2) is 15.7 Å². The summed E-state index contributed by atoms with van der Waals surface area (Å²) < 4.78 is 0. The molecular weight excluding hydrogens is 495 g/mol. The van der Waals surface area contributed by atoms with E-state index in [1.165, 1.54) is 83.5 Å². The Morgan fingerprint density at radius 2 is 0.718 bits per heavy atom. The average Bonchev–Trinajstić information content (AvgIpc) is 2.97. The van der Waals surface area contributed by atoms with Gasteiger partial charge in [0.1, 0.15) is 0 Å². The molecule has 0 bridgehead atoms. The van der Waals surface area contributed by atoms with E-state index in [4.69, 9.17) is 0 Å². The molecule has 3 aromatic rings. The van der Waals surface area contributed by atoms with Crippen LogP contribution >= 0.6 is 7.26 Å². The molecule has 0 spiro atoms. The van der Waals surface area contributed by atoms with Gasteiger partial charge in [0.25, 0.3) is 0 Å². The van der Waals surface area contributed by atoms with Gasteiger partial charge in [-0.1, -0.05) is 39.0 Å². The summed E-state index contributed by atoms with van der Waals surface area (Å²) in [5.74, 6) is 0. The minimum atomic E-state index is -3.15. The number of unbranched alkanes of at least 4 members (excludes halogenated alkanes) is 14. The molecule has 0 aliphatic carbocycles. The molecule has 0 radical (unpaired) electrons. The summed E-state index contributed by atoms with van der Waals surface area (Å²) in [6.07, 6.45) is 19.9. The van der Waals surface area contributed by atoms with E-state index >= 15 is 0 Å². The number of hydrogen-bond acceptors (Lipinski definition) is 2. The molecule has 3 aromatic carbocycles. The Balaban J connectivity index is 1.52. The molecule has 2 N–H and O–H groups in total. The summed E-state index contributed by atoms with van der Waals surface area (Å²) in [6, 6.07) is 30.6. The van der Waals surface area contributed by atoms with Gasteiger partial charge in [-0.2, -0.15) is 0 Å². The zero-order chi connectivity index (χ0) is 27.7. The first kappa shape index (κ1) is 31.5. The van der Waals surface area contributed by atoms with Gasteiger partial charge in [-0.15, -0.1) is 0 Å². The van der Waals surface area contributed by atoms with Crippen LogP contribution in [0.15, 0.2) is 91.0 Å². The predicted octanol–water partition coefficient (Wildman–Crippen LogP) is 8.61. The van der Waals surface area contributed by atoms with Gasteiger partial charge in [-0.25, -0.2) is 0 Å². The molecule has 0 aromatic heterocycles. The van der Waals surface area contributed by atoms with Crippen LogP contribution < -0.4 is 15.9 Å². The SMILES string of the molecule is CCCCCCCCCCCCCCCCCC(O)(O)[PH](c1ccccc1)(c1ccccc1)c1ccccc1. The third kappa shape index (κ3) is 9.28. The van der Waals surface area contributed by atoms with Crippen LogP contribution in [0.4, 0.5) is 0 Å². The van der Waals surface area contributed by atoms with Crippen molar-refractivity contribution in [1.82, 2.24) is 0 Å². The van der Waals surface area contributed by atoms with E-state index in [-0.39, 0.29) is 0 Å². The van der Waals surface area contributed by atoms with Crippen LogP contribution in [0, 0.1) is 0 Å². The summed E-state index contributed by atoms with van der Waals surface area (Å²) in [4.78, 5) is 0. The molecule has 39 heavy (non-hydrogen) atoms. The molecule has 3 rings (SSSR count). The molecule has 0 fully saturated rings. The molecule has 214 valence electrons. The van der Waals surface area contributed by atoms with E-state index < -0.39 is 12.8 Å². The Kier molecular flexibility index (Phi) is 14.3. The molecule has 0 aliphatic rings. The first-order valence-corrected chi connectivity index (χ1v) is 17.7. The summed E-state index contributed by atoms with van der Waals surface area (Å²) in [6.45, 7) is 2.28. The van der Waals surface area contributed by atoms with Crippen LogP contribution in [-0.2, 0) is 0 Å². The van der Waals surface area contributed by atoms with Crippen LogP contribution in [0.3, 0.4) is 0 Å². The van der Waals surface area contributed by atoms with E-state index in [1.807, 2.05) is 54.6 Å². The fourth-order valence-electron chi connectivity index (χ4n) is 6.19. The van der Waals surface area contributed by atoms with Gasteiger partial charge in [0.05, 0.1) is 0 Å². The molecule has 0 unspecified atom stereocenters. The Labute approximate surface area is 239 Å². The fourth-order valence-corrected chi connectivity index (χ4v) is 11.2. The summed E-state index contributed by atoms with van der Waals surface area (Å²) in [5, 5.41) is 27.1. The van der Waals surface area contributed by atoms with Gasteiger partial charge in [-0.05, 0) is 0 Å². The number of rotatable bonds is 20. The summed E-state index contributed by atoms with van der Waals surface area (Å²) >= 11 is 0. The van der Waals surface area contributed by atoms with Gasteiger partial charge in [-0.3, -0.25) is 0 Å². The first-order chi connectivity index (χ1) is 19.1. The zero-order valence-electron chi connectivity index (χ0n) is 24.4. The van der Waals surface area contributed by atoms with E-state index in [9.17, 15) is 10.2 Å². The minimum absolute atomic E-state index is 0.385. The van der Waals surface area contributed by atoms with Crippen molar-refractivity contribution < 1.29 is 10.2 Å². The van der Waals surface area contributed by atoms with Crippen LogP contribution in [0.1, 0.15) is 110 Å². The average molecular weight is 549 g/mol. The van der Waals surface area contributed by atoms with E-state index in [2.05, 4.69) is 43.3 Å². The third-order valence-electron chi connectivity index (χ3n) is 8.35. The standard InChI is InChI=1S/C36H53O2P/c1-2-3-4-5-6-7-8-9-10-11-12-13-14-15-25-32-36(37,38)39(33-26-19-16-20-27-33,34-28-21-17-22-29-34)35-30-23-18-24-31-35/h16-24,26-31,37-39H,2-15,25,32H2,1H3. The van der Waals surface area contributed by atoms with Gasteiger partial charge >= 0.3 is 201 Å². The molecule has 0 saturated heterocycles. The Morgan fingerprint density at radius 3 is 1.03 bits per heavy atom. The second-order valence-corrected chi connectivity index (χ2v) is 15.4. The molecule has 0 atom stereocenters. The first-order valence-electron chi connectivity index (χ1n) is 15.7. The number of aliphatic hydroxyl groups is 2. The van der Waals surface area contributed by atoms with E-state index in [0.29, 0.717) is 6.42 Å². The Bertz CT molecular complexity index is 907. The quantitative estimate of drug-likeness (QED) is 0.0843. The second kappa shape index (κ2) is 17.6. The fraction of sp³-hybridized carbons (Fsp3) is 0.500. The van der Waals surface area contributed by atoms with Crippen molar-refractivity contribution >= 4 is 23.2 Å². The molecule has 0 saturated carbocycles. The normalized spacial score (nSPS) is 12.5. The van der Waals surface area contributed by atoms with Crippen molar-refractivity contribution in [3.05, 3.63) is 91.0 Å². The molecule has 0 aliphatic heterocycles. The van der Waals surface area contributed by atoms with E-state index in [1.54, 1.807) is 0 Å². The maximum absolute atomic E-state index is 12.0. The second-order valence-electron chi connectivity index (χ2n) is 11.4. The van der Waals surface area contributed by atoms with Crippen molar-refractivity contribution in [2.45, 2.75) is 115 Å². The Morgan fingerprint density at radius 1 is 0.436 bits per heavy atom.